The third kappa shape index (κ3) is 2.17. The van der Waals surface area contributed by atoms with Crippen molar-refractivity contribution in [1.82, 2.24) is 29.5 Å². The van der Waals surface area contributed by atoms with Gasteiger partial charge in [-0.15, -0.1) is 5.10 Å². The second kappa shape index (κ2) is 4.71. The summed E-state index contributed by atoms with van der Waals surface area (Å²) in [4.78, 5) is 15.5. The first-order valence-electron chi connectivity index (χ1n) is 6.22. The van der Waals surface area contributed by atoms with Crippen molar-refractivity contribution in [2.75, 3.05) is 0 Å². The lowest BCUT2D eigenvalue weighted by Gasteiger charge is -2.02. The molecule has 0 spiro atoms. The van der Waals surface area contributed by atoms with E-state index >= 15 is 0 Å². The number of hydrogen-bond acceptors (Lipinski definition) is 5. The third-order valence-electron chi connectivity index (χ3n) is 3.00. The van der Waals surface area contributed by atoms with Gasteiger partial charge in [0.1, 0.15) is 16.7 Å². The molecule has 0 atom stereocenters. The fourth-order valence-corrected chi connectivity index (χ4v) is 2.21. The Balaban J connectivity index is 1.61. The van der Waals surface area contributed by atoms with Crippen molar-refractivity contribution in [3.05, 3.63) is 53.6 Å². The van der Waals surface area contributed by atoms with Gasteiger partial charge in [-0.25, -0.2) is 9.97 Å². The number of imidazole rings is 1. The lowest BCUT2D eigenvalue weighted by atomic mass is 10.3. The van der Waals surface area contributed by atoms with Crippen LogP contribution in [0.5, 0.6) is 0 Å². The van der Waals surface area contributed by atoms with Gasteiger partial charge < -0.3 is 4.84 Å². The quantitative estimate of drug-likeness (QED) is 0.576. The highest BCUT2D eigenvalue weighted by molar-refractivity contribution is 6.31. The fourth-order valence-electron chi connectivity index (χ4n) is 2.04. The molecule has 0 unspecified atom stereocenters. The summed E-state index contributed by atoms with van der Waals surface area (Å²) in [5.74, 6) is 0.627. The summed E-state index contributed by atoms with van der Waals surface area (Å²) in [5, 5.41) is 8.55. The fraction of sp³-hybridized carbons (Fsp3) is 0.0769. The molecule has 0 radical (unpaired) electrons. The van der Waals surface area contributed by atoms with Crippen LogP contribution in [0.3, 0.4) is 0 Å². The predicted octanol–water partition coefficient (Wildman–Crippen LogP) is 1.76. The predicted molar refractivity (Wildman–Crippen MR) is 75.8 cm³/mol. The summed E-state index contributed by atoms with van der Waals surface area (Å²) in [6, 6.07) is 7.14. The maximum Gasteiger partial charge on any atom is 0.234 e. The minimum atomic E-state index is 0.258. The van der Waals surface area contributed by atoms with Gasteiger partial charge >= 0.3 is 0 Å². The largest absolute Gasteiger partial charge is 0.388 e. The Labute approximate surface area is 123 Å². The molecule has 0 aliphatic heterocycles. The van der Waals surface area contributed by atoms with E-state index in [9.17, 15) is 0 Å². The van der Waals surface area contributed by atoms with Crippen molar-refractivity contribution in [3.8, 4) is 0 Å². The monoisotopic (exact) mass is 300 g/mol. The molecule has 4 rings (SSSR count). The van der Waals surface area contributed by atoms with Crippen molar-refractivity contribution in [3.63, 3.8) is 0 Å². The highest BCUT2D eigenvalue weighted by Gasteiger charge is 2.08. The molecule has 104 valence electrons. The van der Waals surface area contributed by atoms with E-state index in [1.807, 2.05) is 22.9 Å². The van der Waals surface area contributed by atoms with Crippen LogP contribution in [-0.4, -0.2) is 29.5 Å². The highest BCUT2D eigenvalue weighted by Crippen LogP contribution is 2.16. The van der Waals surface area contributed by atoms with Gasteiger partial charge in [0.15, 0.2) is 6.61 Å². The van der Waals surface area contributed by atoms with Crippen molar-refractivity contribution in [1.29, 1.82) is 0 Å². The molecule has 0 fully saturated rings. The molecular weight excluding hydrogens is 292 g/mol. The molecule has 0 saturated heterocycles. The third-order valence-corrected chi connectivity index (χ3v) is 3.23. The number of fused-ring (bicyclic) bond motifs is 2. The van der Waals surface area contributed by atoms with Crippen LogP contribution in [0.25, 0.3) is 16.8 Å². The molecule has 0 amide bonds. The minimum absolute atomic E-state index is 0.258. The molecule has 0 bridgehead atoms. The molecule has 21 heavy (non-hydrogen) atoms. The molecule has 3 aromatic heterocycles. The second-order valence-corrected chi connectivity index (χ2v) is 4.86. The maximum atomic E-state index is 5.97. The maximum absolute atomic E-state index is 5.97. The van der Waals surface area contributed by atoms with Gasteiger partial charge in [-0.05, 0) is 29.5 Å². The van der Waals surface area contributed by atoms with Gasteiger partial charge in [-0.1, -0.05) is 16.4 Å². The number of halogens is 1. The Hall–Kier alpha value is -2.67. The first kappa shape index (κ1) is 12.1. The van der Waals surface area contributed by atoms with E-state index < -0.39 is 0 Å². The zero-order valence-electron chi connectivity index (χ0n) is 10.7. The average Bonchev–Trinajstić information content (AvgIpc) is 3.07. The van der Waals surface area contributed by atoms with Gasteiger partial charge in [0.2, 0.25) is 5.78 Å². The van der Waals surface area contributed by atoms with Crippen LogP contribution in [0, 0.1) is 0 Å². The normalized spacial score (nSPS) is 11.3. The molecule has 0 saturated carbocycles. The van der Waals surface area contributed by atoms with Crippen molar-refractivity contribution in [2.24, 2.45) is 0 Å². The summed E-state index contributed by atoms with van der Waals surface area (Å²) < 4.78 is 1.83. The van der Waals surface area contributed by atoms with Crippen LogP contribution in [-0.2, 0) is 6.61 Å². The lowest BCUT2D eigenvalue weighted by Crippen LogP contribution is -2.13. The first-order valence-corrected chi connectivity index (χ1v) is 6.60. The standard InChI is InChI=1S/C13H9ClN6O/c14-9-2-3-11-12(6-9)20(18-17-11)21-8-10-7-19-5-1-4-15-13(19)16-10/h1-7H,8H2. The van der Waals surface area contributed by atoms with Crippen LogP contribution in [0.4, 0.5) is 0 Å². The highest BCUT2D eigenvalue weighted by atomic mass is 35.5. The van der Waals surface area contributed by atoms with E-state index in [0.29, 0.717) is 16.3 Å². The Bertz CT molecular complexity index is 898. The van der Waals surface area contributed by atoms with E-state index in [2.05, 4.69) is 20.3 Å². The summed E-state index contributed by atoms with van der Waals surface area (Å²) in [7, 11) is 0. The number of rotatable bonds is 3. The van der Waals surface area contributed by atoms with Crippen LogP contribution in [0.1, 0.15) is 5.69 Å². The van der Waals surface area contributed by atoms with Gasteiger partial charge in [0, 0.05) is 23.6 Å². The van der Waals surface area contributed by atoms with Crippen LogP contribution in [0.2, 0.25) is 5.02 Å². The molecule has 4 aromatic rings. The molecule has 1 aromatic carbocycles. The number of benzene rings is 1. The Kier molecular flexibility index (Phi) is 2.71. The summed E-state index contributed by atoms with van der Waals surface area (Å²) in [5.41, 5.74) is 2.18. The van der Waals surface area contributed by atoms with E-state index in [4.69, 9.17) is 16.4 Å². The van der Waals surface area contributed by atoms with Crippen LogP contribution >= 0.6 is 11.6 Å². The summed E-state index contributed by atoms with van der Waals surface area (Å²) in [6.07, 6.45) is 5.43. The topological polar surface area (TPSA) is 70.1 Å². The van der Waals surface area contributed by atoms with Gasteiger partial charge in [-0.2, -0.15) is 0 Å². The lowest BCUT2D eigenvalue weighted by molar-refractivity contribution is 0.0734. The van der Waals surface area contributed by atoms with E-state index in [1.165, 1.54) is 4.85 Å². The van der Waals surface area contributed by atoms with Crippen molar-refractivity contribution < 1.29 is 4.84 Å². The summed E-state index contributed by atoms with van der Waals surface area (Å²) >= 11 is 5.97. The molecule has 3 heterocycles. The Morgan fingerprint density at radius 3 is 3.14 bits per heavy atom. The van der Waals surface area contributed by atoms with Crippen LogP contribution < -0.4 is 4.84 Å². The van der Waals surface area contributed by atoms with E-state index in [0.717, 1.165) is 11.2 Å². The van der Waals surface area contributed by atoms with Gasteiger partial charge in [0.05, 0.1) is 0 Å². The SMILES string of the molecule is Clc1ccc2nnn(OCc3cn4cccnc4n3)c2c1. The number of aromatic nitrogens is 6. The second-order valence-electron chi connectivity index (χ2n) is 4.43. The van der Waals surface area contributed by atoms with E-state index in [-0.39, 0.29) is 6.61 Å². The zero-order chi connectivity index (χ0) is 14.2. The smallest absolute Gasteiger partial charge is 0.234 e. The zero-order valence-corrected chi connectivity index (χ0v) is 11.5. The summed E-state index contributed by atoms with van der Waals surface area (Å²) in [6.45, 7) is 0.258. The van der Waals surface area contributed by atoms with Crippen molar-refractivity contribution >= 4 is 28.4 Å². The Morgan fingerprint density at radius 1 is 1.29 bits per heavy atom. The number of hydrogen-bond donors (Lipinski definition) is 0. The molecule has 7 nitrogen and oxygen atoms in total. The molecular formula is C13H9ClN6O. The molecule has 0 aliphatic rings. The molecule has 0 N–H and O–H groups in total. The molecule has 8 heteroatoms. The van der Waals surface area contributed by atoms with E-state index in [1.54, 1.807) is 24.4 Å². The van der Waals surface area contributed by atoms with Crippen LogP contribution in [0.15, 0.2) is 42.9 Å². The van der Waals surface area contributed by atoms with Crippen molar-refractivity contribution in [2.45, 2.75) is 6.61 Å². The minimum Gasteiger partial charge on any atom is -0.388 e. The Morgan fingerprint density at radius 2 is 2.24 bits per heavy atom. The first-order chi connectivity index (χ1) is 10.3. The van der Waals surface area contributed by atoms with Gasteiger partial charge in [-0.3, -0.25) is 4.40 Å². The number of nitrogens with zero attached hydrogens (tertiary/aromatic N) is 6. The molecule has 0 aliphatic carbocycles. The average molecular weight is 301 g/mol. The van der Waals surface area contributed by atoms with Gasteiger partial charge in [0.25, 0.3) is 0 Å².